The minimum atomic E-state index is -1.06. The zero-order valence-corrected chi connectivity index (χ0v) is 9.66. The molecule has 0 aliphatic carbocycles. The largest absolute Gasteiger partial charge is 0.870 e. The Morgan fingerprint density at radius 1 is 1.15 bits per heavy atom. The van der Waals surface area contributed by atoms with Crippen LogP contribution in [-0.4, -0.2) is 48.5 Å². The normalized spacial score (nSPS) is 6.92. The number of rotatable bonds is 3. The molecule has 0 atom stereocenters. The summed E-state index contributed by atoms with van der Waals surface area (Å²) in [6.07, 6.45) is 0.875. The van der Waals surface area contributed by atoms with E-state index in [0.29, 0.717) is 6.61 Å². The molecule has 13 heavy (non-hydrogen) atoms. The Morgan fingerprint density at radius 2 is 1.38 bits per heavy atom. The minimum Gasteiger partial charge on any atom is -0.870 e. The molecule has 6 nitrogen and oxygen atoms in total. The first kappa shape index (κ1) is 29.2. The first-order valence-corrected chi connectivity index (χ1v) is 3.07. The van der Waals surface area contributed by atoms with Crippen LogP contribution in [0.15, 0.2) is 0 Å². The van der Waals surface area contributed by atoms with Gasteiger partial charge in [-0.2, -0.15) is 0 Å². The summed E-state index contributed by atoms with van der Waals surface area (Å²) >= 11 is 0. The third kappa shape index (κ3) is 45.7. The zero-order valence-electron chi connectivity index (χ0n) is 8.10. The molecule has 0 aromatic carbocycles. The van der Waals surface area contributed by atoms with Gasteiger partial charge < -0.3 is 30.6 Å². The van der Waals surface area contributed by atoms with Gasteiger partial charge in [0.05, 0.1) is 0 Å². The van der Waals surface area contributed by atoms with E-state index in [1.54, 1.807) is 0 Å². The fraction of sp³-hybridized carbons (Fsp3) is 1.00. The van der Waals surface area contributed by atoms with Crippen LogP contribution in [0.25, 0.3) is 0 Å². The zero-order chi connectivity index (χ0) is 8.41. The Morgan fingerprint density at radius 3 is 1.38 bits per heavy atom. The van der Waals surface area contributed by atoms with E-state index >= 15 is 0 Å². The van der Waals surface area contributed by atoms with E-state index in [0.717, 1.165) is 6.42 Å². The minimum absolute atomic E-state index is 0. The average molecular weight is 234 g/mol. The SMILES string of the molecule is CCCO.COC(O)OC.[OH-].[OH-].[Ti]. The number of methoxy groups -OCH3 is 2. The molecular formula is C6H18O6Ti-2. The van der Waals surface area contributed by atoms with Crippen molar-refractivity contribution >= 4 is 0 Å². The van der Waals surface area contributed by atoms with Crippen LogP contribution in [0, 0.1) is 0 Å². The van der Waals surface area contributed by atoms with Gasteiger partial charge in [-0.3, -0.25) is 0 Å². The van der Waals surface area contributed by atoms with E-state index < -0.39 is 6.48 Å². The smallest absolute Gasteiger partial charge is 0.268 e. The van der Waals surface area contributed by atoms with Gasteiger partial charge in [-0.05, 0) is 6.42 Å². The summed E-state index contributed by atoms with van der Waals surface area (Å²) in [6.45, 7) is 1.19. The van der Waals surface area contributed by atoms with Gasteiger partial charge in [0.1, 0.15) is 0 Å². The van der Waals surface area contributed by atoms with Crippen LogP contribution in [0.2, 0.25) is 0 Å². The van der Waals surface area contributed by atoms with Gasteiger partial charge in [-0.1, -0.05) is 6.92 Å². The van der Waals surface area contributed by atoms with Crippen molar-refractivity contribution in [3.63, 3.8) is 0 Å². The van der Waals surface area contributed by atoms with Crippen molar-refractivity contribution in [3.8, 4) is 0 Å². The average Bonchev–Trinajstić information content (AvgIpc) is 2.03. The molecule has 4 N–H and O–H groups in total. The fourth-order valence-electron chi connectivity index (χ4n) is 0.0962. The van der Waals surface area contributed by atoms with Crippen LogP contribution in [-0.2, 0) is 31.2 Å². The summed E-state index contributed by atoms with van der Waals surface area (Å²) in [4.78, 5) is 0. The van der Waals surface area contributed by atoms with E-state index in [9.17, 15) is 0 Å². The van der Waals surface area contributed by atoms with Crippen LogP contribution in [0.4, 0.5) is 0 Å². The molecule has 0 fully saturated rings. The number of aliphatic hydroxyl groups excluding tert-OH is 2. The molecule has 0 saturated carbocycles. The van der Waals surface area contributed by atoms with Crippen LogP contribution in [0.5, 0.6) is 0 Å². The molecule has 0 aromatic rings. The molecule has 0 aromatic heterocycles. The Bertz CT molecular complexity index is 50.4. The second-order valence-electron chi connectivity index (χ2n) is 1.50. The van der Waals surface area contributed by atoms with Crippen LogP contribution in [0.1, 0.15) is 13.3 Å². The van der Waals surface area contributed by atoms with Gasteiger partial charge in [0.15, 0.2) is 0 Å². The molecule has 0 saturated heterocycles. The van der Waals surface area contributed by atoms with E-state index in [1.807, 2.05) is 6.92 Å². The van der Waals surface area contributed by atoms with Crippen molar-refractivity contribution in [2.45, 2.75) is 19.8 Å². The maximum absolute atomic E-state index is 8.22. The first-order chi connectivity index (χ1) is 4.72. The third-order valence-corrected chi connectivity index (χ3v) is 0.627. The molecule has 0 bridgehead atoms. The number of ether oxygens (including phenoxy) is 2. The van der Waals surface area contributed by atoms with Gasteiger partial charge >= 0.3 is 0 Å². The van der Waals surface area contributed by atoms with Crippen molar-refractivity contribution in [3.05, 3.63) is 0 Å². The molecule has 0 spiro atoms. The van der Waals surface area contributed by atoms with Gasteiger partial charge in [0.2, 0.25) is 0 Å². The summed E-state index contributed by atoms with van der Waals surface area (Å²) in [5.74, 6) is 0. The molecule has 0 radical (unpaired) electrons. The quantitative estimate of drug-likeness (QED) is 0.505. The molecule has 0 heterocycles. The molecule has 7 heteroatoms. The van der Waals surface area contributed by atoms with Crippen molar-refractivity contribution in [2.24, 2.45) is 0 Å². The molecule has 0 aliphatic rings. The maximum atomic E-state index is 8.22. The Hall–Kier alpha value is 0.474. The monoisotopic (exact) mass is 234 g/mol. The second-order valence-corrected chi connectivity index (χ2v) is 1.50. The summed E-state index contributed by atoms with van der Waals surface area (Å²) in [7, 11) is 2.71. The van der Waals surface area contributed by atoms with E-state index in [1.165, 1.54) is 14.2 Å². The fourth-order valence-corrected chi connectivity index (χ4v) is 0.0962. The van der Waals surface area contributed by atoms with Gasteiger partial charge in [-0.15, -0.1) is 0 Å². The summed E-state index contributed by atoms with van der Waals surface area (Å²) in [5, 5.41) is 16.1. The van der Waals surface area contributed by atoms with Crippen molar-refractivity contribution in [2.75, 3.05) is 20.8 Å². The summed E-state index contributed by atoms with van der Waals surface area (Å²) in [5.41, 5.74) is 0. The standard InChI is InChI=1S/C3H8O3.C3H8O.2H2O.Ti/c1-5-3(4)6-2;1-2-3-4;;;/h3-4H,1-2H3;4H,2-3H2,1H3;2*1H2;/p-2. The Balaban J connectivity index is -0.0000000279. The summed E-state index contributed by atoms with van der Waals surface area (Å²) in [6, 6.07) is 0. The van der Waals surface area contributed by atoms with Crippen LogP contribution >= 0.6 is 0 Å². The molecule has 0 rings (SSSR count). The maximum Gasteiger partial charge on any atom is 0.268 e. The van der Waals surface area contributed by atoms with Crippen LogP contribution < -0.4 is 0 Å². The predicted molar refractivity (Wildman–Crippen MR) is 41.3 cm³/mol. The van der Waals surface area contributed by atoms with E-state index in [4.69, 9.17) is 10.2 Å². The molecule has 0 aliphatic heterocycles. The summed E-state index contributed by atoms with van der Waals surface area (Å²) < 4.78 is 8.47. The van der Waals surface area contributed by atoms with E-state index in [2.05, 4.69) is 9.47 Å². The van der Waals surface area contributed by atoms with Crippen molar-refractivity contribution in [1.29, 1.82) is 0 Å². The van der Waals surface area contributed by atoms with Crippen molar-refractivity contribution in [1.82, 2.24) is 0 Å². The molecule has 84 valence electrons. The molecule has 0 unspecified atom stereocenters. The number of hydrogen-bond donors (Lipinski definition) is 2. The van der Waals surface area contributed by atoms with Gasteiger partial charge in [0, 0.05) is 42.5 Å². The predicted octanol–water partition coefficient (Wildman–Crippen LogP) is -0.412. The Labute approximate surface area is 93.4 Å². The number of hydrogen-bond acceptors (Lipinski definition) is 6. The molecular weight excluding hydrogens is 216 g/mol. The second kappa shape index (κ2) is 29.4. The van der Waals surface area contributed by atoms with Crippen LogP contribution in [0.3, 0.4) is 0 Å². The molecule has 0 amide bonds. The first-order valence-electron chi connectivity index (χ1n) is 3.07. The Kier molecular flexibility index (Phi) is 66.0. The van der Waals surface area contributed by atoms with Crippen molar-refractivity contribution < 1.29 is 52.4 Å². The topological polar surface area (TPSA) is 119 Å². The number of aliphatic hydroxyl groups is 2. The third-order valence-electron chi connectivity index (χ3n) is 0.627. The van der Waals surface area contributed by atoms with Gasteiger partial charge in [0.25, 0.3) is 6.48 Å². The van der Waals surface area contributed by atoms with E-state index in [-0.39, 0.29) is 32.7 Å². The van der Waals surface area contributed by atoms with Gasteiger partial charge in [-0.25, -0.2) is 0 Å².